The molecule has 2 aromatic rings. The number of rotatable bonds is 8. The van der Waals surface area contributed by atoms with Crippen LogP contribution < -0.4 is 9.47 Å². The average molecular weight is 475 g/mol. The van der Waals surface area contributed by atoms with Gasteiger partial charge in [-0.1, -0.05) is 17.7 Å². The minimum absolute atomic E-state index is 0.0619. The average Bonchev–Trinajstić information content (AvgIpc) is 3.03. The Morgan fingerprint density at radius 3 is 2.48 bits per heavy atom. The molecule has 1 fully saturated rings. The third-order valence-electron chi connectivity index (χ3n) is 5.35. The van der Waals surface area contributed by atoms with Crippen molar-refractivity contribution in [2.24, 2.45) is 0 Å². The molecule has 1 amide bonds. The van der Waals surface area contributed by atoms with Crippen LogP contribution in [0, 0.1) is 0 Å². The summed E-state index contributed by atoms with van der Waals surface area (Å²) in [5.74, 6) is -1.28. The highest BCUT2D eigenvalue weighted by Gasteiger charge is 2.46. The summed E-state index contributed by atoms with van der Waals surface area (Å²) in [5, 5.41) is 21.5. The molecule has 0 aromatic heterocycles. The number of amides is 1. The Balaban J connectivity index is 2.18. The van der Waals surface area contributed by atoms with Crippen molar-refractivity contribution >= 4 is 29.1 Å². The van der Waals surface area contributed by atoms with Crippen LogP contribution in [0.5, 0.6) is 17.2 Å². The van der Waals surface area contributed by atoms with E-state index in [1.807, 2.05) is 19.0 Å². The fourth-order valence-corrected chi connectivity index (χ4v) is 3.96. The Hall–Kier alpha value is -3.23. The molecule has 8 nitrogen and oxygen atoms in total. The molecule has 0 spiro atoms. The number of nitrogens with zero attached hydrogens (tertiary/aromatic N) is 2. The van der Waals surface area contributed by atoms with Crippen LogP contribution >= 0.6 is 11.6 Å². The quantitative estimate of drug-likeness (QED) is 0.343. The van der Waals surface area contributed by atoms with Gasteiger partial charge in [0.1, 0.15) is 11.5 Å². The first kappa shape index (κ1) is 24.4. The van der Waals surface area contributed by atoms with Gasteiger partial charge in [-0.15, -0.1) is 0 Å². The van der Waals surface area contributed by atoms with Crippen LogP contribution in [-0.4, -0.2) is 72.6 Å². The number of likely N-dealkylation sites (tertiary alicyclic amines) is 1. The Labute approximate surface area is 197 Å². The number of hydrogen-bond acceptors (Lipinski definition) is 7. The number of hydrogen-bond donors (Lipinski definition) is 2. The molecule has 1 heterocycles. The first-order valence-electron chi connectivity index (χ1n) is 10.4. The van der Waals surface area contributed by atoms with Gasteiger partial charge in [-0.2, -0.15) is 0 Å². The normalized spacial score (nSPS) is 17.6. The first-order chi connectivity index (χ1) is 15.7. The number of benzene rings is 2. The second-order valence-corrected chi connectivity index (χ2v) is 8.21. The van der Waals surface area contributed by atoms with Gasteiger partial charge in [0, 0.05) is 18.7 Å². The summed E-state index contributed by atoms with van der Waals surface area (Å²) in [6, 6.07) is 8.36. The first-order valence-corrected chi connectivity index (χ1v) is 10.8. The number of phenols is 1. The number of ether oxygens (including phenoxy) is 2. The maximum Gasteiger partial charge on any atom is 0.295 e. The van der Waals surface area contributed by atoms with E-state index < -0.39 is 17.7 Å². The number of carbonyl (C=O) groups is 2. The number of carbonyl (C=O) groups excluding carboxylic acids is 2. The van der Waals surface area contributed by atoms with Crippen LogP contribution in [0.3, 0.4) is 0 Å². The Morgan fingerprint density at radius 1 is 1.15 bits per heavy atom. The number of phenolic OH excluding ortho intramolecular Hbond substituents is 1. The molecule has 0 radical (unpaired) electrons. The van der Waals surface area contributed by atoms with Crippen molar-refractivity contribution in [3.8, 4) is 17.2 Å². The number of aromatic hydroxyl groups is 1. The smallest absolute Gasteiger partial charge is 0.295 e. The lowest BCUT2D eigenvalue weighted by Crippen LogP contribution is -2.35. The van der Waals surface area contributed by atoms with E-state index in [1.54, 1.807) is 31.2 Å². The SMILES string of the molecule is CCOc1cc(C2/C(=C(/O)c3ccc(OC)c(Cl)c3)C(=O)C(=O)N2CCN(C)C)ccc1O. The Morgan fingerprint density at radius 2 is 1.88 bits per heavy atom. The van der Waals surface area contributed by atoms with Crippen molar-refractivity contribution in [3.63, 3.8) is 0 Å². The molecule has 1 atom stereocenters. The van der Waals surface area contributed by atoms with Gasteiger partial charge in [0.15, 0.2) is 11.5 Å². The van der Waals surface area contributed by atoms with Crippen LogP contribution in [0.4, 0.5) is 0 Å². The summed E-state index contributed by atoms with van der Waals surface area (Å²) in [7, 11) is 5.19. The van der Waals surface area contributed by atoms with E-state index in [-0.39, 0.29) is 40.0 Å². The van der Waals surface area contributed by atoms with Crippen LogP contribution in [0.1, 0.15) is 24.1 Å². The predicted molar refractivity (Wildman–Crippen MR) is 125 cm³/mol. The van der Waals surface area contributed by atoms with Crippen molar-refractivity contribution in [2.45, 2.75) is 13.0 Å². The van der Waals surface area contributed by atoms with Crippen molar-refractivity contribution < 1.29 is 29.3 Å². The van der Waals surface area contributed by atoms with E-state index >= 15 is 0 Å². The molecular weight excluding hydrogens is 448 g/mol. The fourth-order valence-electron chi connectivity index (χ4n) is 3.71. The number of Topliss-reactive ketones (excluding diaryl/α,β-unsaturated/α-hetero) is 1. The summed E-state index contributed by atoms with van der Waals surface area (Å²) < 4.78 is 10.6. The maximum atomic E-state index is 13.1. The monoisotopic (exact) mass is 474 g/mol. The van der Waals surface area contributed by atoms with Crippen molar-refractivity contribution in [3.05, 3.63) is 58.1 Å². The molecule has 1 aliphatic rings. The summed E-state index contributed by atoms with van der Waals surface area (Å²) in [6.45, 7) is 2.87. The molecule has 1 unspecified atom stereocenters. The van der Waals surface area contributed by atoms with Crippen molar-refractivity contribution in [1.82, 2.24) is 9.80 Å². The van der Waals surface area contributed by atoms with Gasteiger partial charge >= 0.3 is 0 Å². The molecule has 2 aromatic carbocycles. The van der Waals surface area contributed by atoms with Crippen LogP contribution in [0.2, 0.25) is 5.02 Å². The molecule has 3 rings (SSSR count). The van der Waals surface area contributed by atoms with Crippen LogP contribution in [-0.2, 0) is 9.59 Å². The highest BCUT2D eigenvalue weighted by Crippen LogP contribution is 2.42. The van der Waals surface area contributed by atoms with E-state index in [9.17, 15) is 19.8 Å². The predicted octanol–water partition coefficient (Wildman–Crippen LogP) is 3.44. The summed E-state index contributed by atoms with van der Waals surface area (Å²) in [5.41, 5.74) is 0.740. The molecule has 1 saturated heterocycles. The molecule has 176 valence electrons. The third-order valence-corrected chi connectivity index (χ3v) is 5.65. The Bertz CT molecular complexity index is 1100. The van der Waals surface area contributed by atoms with Gasteiger partial charge in [-0.05, 0) is 56.9 Å². The highest BCUT2D eigenvalue weighted by molar-refractivity contribution is 6.46. The second-order valence-electron chi connectivity index (χ2n) is 7.81. The van der Waals surface area contributed by atoms with Gasteiger partial charge in [-0.3, -0.25) is 9.59 Å². The maximum absolute atomic E-state index is 13.1. The molecule has 0 bridgehead atoms. The van der Waals surface area contributed by atoms with E-state index in [4.69, 9.17) is 21.1 Å². The van der Waals surface area contributed by atoms with E-state index in [0.717, 1.165) is 0 Å². The number of halogens is 1. The van der Waals surface area contributed by atoms with E-state index in [2.05, 4.69) is 0 Å². The highest BCUT2D eigenvalue weighted by atomic mass is 35.5. The molecule has 33 heavy (non-hydrogen) atoms. The molecule has 0 aliphatic carbocycles. The lowest BCUT2D eigenvalue weighted by molar-refractivity contribution is -0.140. The largest absolute Gasteiger partial charge is 0.507 e. The molecule has 0 saturated carbocycles. The van der Waals surface area contributed by atoms with E-state index in [0.29, 0.717) is 24.5 Å². The fraction of sp³-hybridized carbons (Fsp3) is 0.333. The van der Waals surface area contributed by atoms with Crippen molar-refractivity contribution in [1.29, 1.82) is 0 Å². The molecular formula is C24H27ClN2O6. The third kappa shape index (κ3) is 4.91. The van der Waals surface area contributed by atoms with Crippen molar-refractivity contribution in [2.75, 3.05) is 40.9 Å². The van der Waals surface area contributed by atoms with E-state index in [1.165, 1.54) is 24.1 Å². The molecule has 1 aliphatic heterocycles. The van der Waals surface area contributed by atoms with Crippen LogP contribution in [0.15, 0.2) is 42.0 Å². The number of aliphatic hydroxyl groups is 1. The lowest BCUT2D eigenvalue weighted by Gasteiger charge is -2.27. The number of aliphatic hydroxyl groups excluding tert-OH is 1. The lowest BCUT2D eigenvalue weighted by atomic mass is 9.95. The number of likely N-dealkylation sites (N-methyl/N-ethyl adjacent to an activating group) is 1. The van der Waals surface area contributed by atoms with Gasteiger partial charge in [-0.25, -0.2) is 0 Å². The summed E-state index contributed by atoms with van der Waals surface area (Å²) in [6.07, 6.45) is 0. The number of methoxy groups -OCH3 is 1. The zero-order valence-electron chi connectivity index (χ0n) is 19.0. The van der Waals surface area contributed by atoms with Gasteiger partial charge < -0.3 is 29.5 Å². The van der Waals surface area contributed by atoms with Crippen LogP contribution in [0.25, 0.3) is 5.76 Å². The second kappa shape index (κ2) is 10.1. The van der Waals surface area contributed by atoms with Gasteiger partial charge in [0.2, 0.25) is 0 Å². The van der Waals surface area contributed by atoms with Gasteiger partial charge in [0.25, 0.3) is 11.7 Å². The zero-order chi connectivity index (χ0) is 24.3. The Kier molecular flexibility index (Phi) is 7.50. The minimum Gasteiger partial charge on any atom is -0.507 e. The number of ketones is 1. The zero-order valence-corrected chi connectivity index (χ0v) is 19.7. The molecule has 2 N–H and O–H groups in total. The summed E-state index contributed by atoms with van der Waals surface area (Å²) >= 11 is 6.21. The standard InChI is InChI=1S/C24H27ClN2O6/c1-5-33-19-13-14(6-8-17(19)28)21-20(23(30)24(31)27(21)11-10-26(2)3)22(29)15-7-9-18(32-4)16(25)12-15/h6-9,12-13,21,28-29H,5,10-11H2,1-4H3/b22-20-. The topological polar surface area (TPSA) is 99.5 Å². The summed E-state index contributed by atoms with van der Waals surface area (Å²) in [4.78, 5) is 29.4. The van der Waals surface area contributed by atoms with Gasteiger partial charge in [0.05, 0.1) is 30.4 Å². The minimum atomic E-state index is -0.870. The molecule has 9 heteroatoms.